The molecule has 0 saturated carbocycles. The quantitative estimate of drug-likeness (QED) is 0.705. The molecule has 3 rings (SSSR count). The van der Waals surface area contributed by atoms with E-state index in [1.54, 1.807) is 0 Å². The van der Waals surface area contributed by atoms with Crippen molar-refractivity contribution in [2.45, 2.75) is 6.92 Å². The summed E-state index contributed by atoms with van der Waals surface area (Å²) in [4.78, 5) is 16.6. The summed E-state index contributed by atoms with van der Waals surface area (Å²) in [5, 5.41) is 0. The summed E-state index contributed by atoms with van der Waals surface area (Å²) in [6, 6.07) is 17.7. The smallest absolute Gasteiger partial charge is 0.260 e. The van der Waals surface area contributed by atoms with Crippen molar-refractivity contribution in [2.24, 2.45) is 0 Å². The van der Waals surface area contributed by atoms with Crippen LogP contribution in [0.25, 0.3) is 6.08 Å². The second kappa shape index (κ2) is 10.5. The molecule has 0 radical (unpaired) electrons. The maximum absolute atomic E-state index is 12.4. The molecule has 5 nitrogen and oxygen atoms in total. The van der Waals surface area contributed by atoms with Crippen LogP contribution in [0, 0.1) is 0 Å². The average Bonchev–Trinajstić information content (AvgIpc) is 2.74. The van der Waals surface area contributed by atoms with Gasteiger partial charge in [0.2, 0.25) is 0 Å². The van der Waals surface area contributed by atoms with Crippen LogP contribution in [0.1, 0.15) is 12.5 Å². The van der Waals surface area contributed by atoms with Crippen LogP contribution in [-0.2, 0) is 4.79 Å². The van der Waals surface area contributed by atoms with Gasteiger partial charge in [-0.1, -0.05) is 42.5 Å². The van der Waals surface area contributed by atoms with Gasteiger partial charge in [-0.25, -0.2) is 0 Å². The molecule has 0 aliphatic carbocycles. The van der Waals surface area contributed by atoms with Gasteiger partial charge in [-0.05, 0) is 36.8 Å². The van der Waals surface area contributed by atoms with Gasteiger partial charge < -0.3 is 14.4 Å². The number of benzene rings is 2. The molecule has 28 heavy (non-hydrogen) atoms. The first-order chi connectivity index (χ1) is 13.7. The lowest BCUT2D eigenvalue weighted by Gasteiger charge is -2.34. The Morgan fingerprint density at radius 1 is 0.929 bits per heavy atom. The topological polar surface area (TPSA) is 42.0 Å². The van der Waals surface area contributed by atoms with Crippen molar-refractivity contribution in [1.29, 1.82) is 0 Å². The van der Waals surface area contributed by atoms with Crippen LogP contribution in [0.4, 0.5) is 0 Å². The molecule has 5 heteroatoms. The monoisotopic (exact) mass is 380 g/mol. The number of piperazine rings is 1. The maximum atomic E-state index is 12.4. The van der Waals surface area contributed by atoms with Crippen molar-refractivity contribution < 1.29 is 14.3 Å². The van der Waals surface area contributed by atoms with Crippen molar-refractivity contribution in [2.75, 3.05) is 45.9 Å². The third-order valence-electron chi connectivity index (χ3n) is 4.70. The van der Waals surface area contributed by atoms with E-state index in [-0.39, 0.29) is 12.5 Å². The predicted molar refractivity (Wildman–Crippen MR) is 112 cm³/mol. The van der Waals surface area contributed by atoms with Crippen LogP contribution in [0.15, 0.2) is 60.7 Å². The first-order valence-corrected chi connectivity index (χ1v) is 9.82. The SMILES string of the molecule is CCOc1ccc(OCC(=O)N2CCN(C/C=C/c3ccccc3)CC2)cc1. The Morgan fingerprint density at radius 2 is 1.57 bits per heavy atom. The number of rotatable bonds is 8. The summed E-state index contributed by atoms with van der Waals surface area (Å²) in [6.45, 7) is 6.80. The van der Waals surface area contributed by atoms with Gasteiger partial charge >= 0.3 is 0 Å². The number of hydrogen-bond donors (Lipinski definition) is 0. The highest BCUT2D eigenvalue weighted by molar-refractivity contribution is 5.77. The number of amides is 1. The van der Waals surface area contributed by atoms with Gasteiger partial charge in [-0.15, -0.1) is 0 Å². The maximum Gasteiger partial charge on any atom is 0.260 e. The highest BCUT2D eigenvalue weighted by Crippen LogP contribution is 2.17. The molecule has 1 heterocycles. The van der Waals surface area contributed by atoms with Crippen molar-refractivity contribution in [1.82, 2.24) is 9.80 Å². The van der Waals surface area contributed by atoms with Crippen LogP contribution in [-0.4, -0.2) is 61.6 Å². The minimum Gasteiger partial charge on any atom is -0.494 e. The highest BCUT2D eigenvalue weighted by atomic mass is 16.5. The van der Waals surface area contributed by atoms with E-state index in [1.807, 2.05) is 54.3 Å². The van der Waals surface area contributed by atoms with Crippen molar-refractivity contribution in [3.8, 4) is 11.5 Å². The molecule has 0 spiro atoms. The Hall–Kier alpha value is -2.79. The fraction of sp³-hybridized carbons (Fsp3) is 0.348. The Balaban J connectivity index is 1.37. The Kier molecular flexibility index (Phi) is 7.50. The van der Waals surface area contributed by atoms with E-state index in [0.29, 0.717) is 12.4 Å². The van der Waals surface area contributed by atoms with E-state index in [1.165, 1.54) is 5.56 Å². The average molecular weight is 380 g/mol. The lowest BCUT2D eigenvalue weighted by Crippen LogP contribution is -2.49. The van der Waals surface area contributed by atoms with E-state index in [9.17, 15) is 4.79 Å². The summed E-state index contributed by atoms with van der Waals surface area (Å²) in [5.74, 6) is 1.52. The molecule has 2 aromatic rings. The van der Waals surface area contributed by atoms with Crippen molar-refractivity contribution in [3.05, 3.63) is 66.2 Å². The fourth-order valence-electron chi connectivity index (χ4n) is 3.12. The molecule has 0 N–H and O–H groups in total. The van der Waals surface area contributed by atoms with E-state index in [4.69, 9.17) is 9.47 Å². The van der Waals surface area contributed by atoms with Gasteiger partial charge in [-0.2, -0.15) is 0 Å². The van der Waals surface area contributed by atoms with Gasteiger partial charge in [0.05, 0.1) is 6.61 Å². The molecular weight excluding hydrogens is 352 g/mol. The summed E-state index contributed by atoms with van der Waals surface area (Å²) in [7, 11) is 0. The first kappa shape index (κ1) is 20.0. The molecule has 1 saturated heterocycles. The minimum atomic E-state index is 0.0355. The molecule has 0 atom stereocenters. The summed E-state index contributed by atoms with van der Waals surface area (Å²) in [6.07, 6.45) is 4.32. The lowest BCUT2D eigenvalue weighted by atomic mass is 10.2. The van der Waals surface area contributed by atoms with Crippen LogP contribution in [0.5, 0.6) is 11.5 Å². The Morgan fingerprint density at radius 3 is 2.21 bits per heavy atom. The van der Waals surface area contributed by atoms with E-state index < -0.39 is 0 Å². The van der Waals surface area contributed by atoms with Crippen LogP contribution in [0.3, 0.4) is 0 Å². The van der Waals surface area contributed by atoms with Gasteiger partial charge in [0, 0.05) is 32.7 Å². The van der Waals surface area contributed by atoms with Crippen molar-refractivity contribution in [3.63, 3.8) is 0 Å². The predicted octanol–water partition coefficient (Wildman–Crippen LogP) is 3.32. The molecule has 0 aromatic heterocycles. The van der Waals surface area contributed by atoms with Crippen molar-refractivity contribution >= 4 is 12.0 Å². The number of nitrogens with zero attached hydrogens (tertiary/aromatic N) is 2. The number of carbonyl (C=O) groups is 1. The largest absolute Gasteiger partial charge is 0.494 e. The zero-order valence-corrected chi connectivity index (χ0v) is 16.4. The van der Waals surface area contributed by atoms with E-state index in [0.717, 1.165) is 38.5 Å². The normalized spacial score (nSPS) is 15.0. The van der Waals surface area contributed by atoms with Gasteiger partial charge in [0.15, 0.2) is 6.61 Å². The Labute approximate surface area is 167 Å². The summed E-state index contributed by atoms with van der Waals surface area (Å²) in [5.41, 5.74) is 1.21. The molecule has 1 aliphatic heterocycles. The number of carbonyl (C=O) groups excluding carboxylic acids is 1. The lowest BCUT2D eigenvalue weighted by molar-refractivity contribution is -0.135. The van der Waals surface area contributed by atoms with Crippen LogP contribution < -0.4 is 9.47 Å². The minimum absolute atomic E-state index is 0.0355. The molecule has 1 amide bonds. The second-order valence-corrected chi connectivity index (χ2v) is 6.69. The van der Waals surface area contributed by atoms with Crippen LogP contribution >= 0.6 is 0 Å². The van der Waals surface area contributed by atoms with Gasteiger partial charge in [0.25, 0.3) is 5.91 Å². The third kappa shape index (κ3) is 6.13. The fourth-order valence-corrected chi connectivity index (χ4v) is 3.12. The van der Waals surface area contributed by atoms with Crippen LogP contribution in [0.2, 0.25) is 0 Å². The second-order valence-electron chi connectivity index (χ2n) is 6.69. The standard InChI is InChI=1S/C23H28N2O3/c1-2-27-21-10-12-22(13-11-21)28-19-23(26)25-17-15-24(16-18-25)14-6-9-20-7-4-3-5-8-20/h3-13H,2,14-19H2,1H3/b9-6+. The summed E-state index contributed by atoms with van der Waals surface area (Å²) < 4.78 is 11.0. The van der Waals surface area contributed by atoms with E-state index >= 15 is 0 Å². The molecule has 148 valence electrons. The number of hydrogen-bond acceptors (Lipinski definition) is 4. The molecule has 1 aliphatic rings. The first-order valence-electron chi connectivity index (χ1n) is 9.82. The highest BCUT2D eigenvalue weighted by Gasteiger charge is 2.20. The third-order valence-corrected chi connectivity index (χ3v) is 4.70. The molecule has 1 fully saturated rings. The Bertz CT molecular complexity index is 751. The molecule has 0 bridgehead atoms. The zero-order chi connectivity index (χ0) is 19.6. The molecule has 0 unspecified atom stereocenters. The zero-order valence-electron chi connectivity index (χ0n) is 16.4. The number of ether oxygens (including phenoxy) is 2. The molecular formula is C23H28N2O3. The summed E-state index contributed by atoms with van der Waals surface area (Å²) >= 11 is 0. The van der Waals surface area contributed by atoms with Gasteiger partial charge in [-0.3, -0.25) is 9.69 Å². The molecule has 2 aromatic carbocycles. The van der Waals surface area contributed by atoms with E-state index in [2.05, 4.69) is 29.2 Å². The van der Waals surface area contributed by atoms with Gasteiger partial charge in [0.1, 0.15) is 11.5 Å².